The number of carbonyl (C=O) groups is 3. The smallest absolute Gasteiger partial charge is 0.318 e. The fourth-order valence-corrected chi connectivity index (χ4v) is 6.31. The number of benzene rings is 2. The van der Waals surface area contributed by atoms with E-state index in [9.17, 15) is 22.8 Å². The van der Waals surface area contributed by atoms with Gasteiger partial charge in [-0.15, -0.1) is 0 Å². The van der Waals surface area contributed by atoms with E-state index >= 15 is 8.78 Å². The number of carbonyl (C=O) groups excluding carboxylic acids is 3. The van der Waals surface area contributed by atoms with E-state index in [1.54, 1.807) is 48.5 Å². The topological polar surface area (TPSA) is 125 Å². The van der Waals surface area contributed by atoms with Gasteiger partial charge in [0.1, 0.15) is 6.04 Å². The molecule has 0 aromatic heterocycles. The highest BCUT2D eigenvalue weighted by atomic mass is 32.2. The lowest BCUT2D eigenvalue weighted by Crippen LogP contribution is -2.57. The zero-order valence-corrected chi connectivity index (χ0v) is 23.3. The van der Waals surface area contributed by atoms with Gasteiger partial charge in [-0.2, -0.15) is 4.31 Å². The summed E-state index contributed by atoms with van der Waals surface area (Å²) < 4.78 is 62.7. The van der Waals surface area contributed by atoms with Crippen LogP contribution < -0.4 is 10.6 Å². The highest BCUT2D eigenvalue weighted by Gasteiger charge is 2.39. The second kappa shape index (κ2) is 13.5. The number of ether oxygens (including phenoxy) is 1. The van der Waals surface area contributed by atoms with E-state index in [1.165, 1.54) is 17.0 Å². The van der Waals surface area contributed by atoms with E-state index in [2.05, 4.69) is 10.6 Å². The minimum Gasteiger partial charge on any atom is -0.378 e. The van der Waals surface area contributed by atoms with Crippen molar-refractivity contribution in [1.82, 2.24) is 19.8 Å². The second-order valence-electron chi connectivity index (χ2n) is 10.1. The highest BCUT2D eigenvalue weighted by molar-refractivity contribution is 7.89. The predicted octanol–water partition coefficient (Wildman–Crippen LogP) is 2.20. The van der Waals surface area contributed by atoms with Crippen molar-refractivity contribution in [2.75, 3.05) is 39.4 Å². The molecule has 0 spiro atoms. The molecule has 0 bridgehead atoms. The molecule has 0 unspecified atom stereocenters. The van der Waals surface area contributed by atoms with Crippen LogP contribution in [0.15, 0.2) is 65.6 Å². The number of rotatable bonds is 9. The SMILES string of the molecule is O=C1CN(S(=O)(=O)c2ccccc2)CCC[C@@H]1NC(=O)[C@H](CC(F)(F)Cc1ccccc1)NC(=O)N1CCOCC1. The lowest BCUT2D eigenvalue weighted by atomic mass is 9.99. The number of alkyl halides is 2. The minimum atomic E-state index is -3.94. The maximum absolute atomic E-state index is 15.2. The molecular weight excluding hydrogens is 558 g/mol. The minimum absolute atomic E-state index is 0.0434. The quantitative estimate of drug-likeness (QED) is 0.460. The lowest BCUT2D eigenvalue weighted by Gasteiger charge is -2.31. The molecule has 2 fully saturated rings. The van der Waals surface area contributed by atoms with Crippen LogP contribution in [0, 0.1) is 0 Å². The molecule has 2 saturated heterocycles. The first-order valence-electron chi connectivity index (χ1n) is 13.5. The first-order valence-corrected chi connectivity index (χ1v) is 14.9. The number of ketones is 1. The van der Waals surface area contributed by atoms with Gasteiger partial charge in [0.15, 0.2) is 5.78 Å². The van der Waals surface area contributed by atoms with Gasteiger partial charge in [-0.05, 0) is 30.5 Å². The van der Waals surface area contributed by atoms with Gasteiger partial charge in [-0.25, -0.2) is 22.0 Å². The van der Waals surface area contributed by atoms with E-state index in [0.29, 0.717) is 5.56 Å². The van der Waals surface area contributed by atoms with E-state index in [4.69, 9.17) is 4.74 Å². The normalized spacial score (nSPS) is 19.7. The van der Waals surface area contributed by atoms with Crippen molar-refractivity contribution in [3.05, 3.63) is 66.2 Å². The van der Waals surface area contributed by atoms with Crippen molar-refractivity contribution in [2.24, 2.45) is 0 Å². The molecule has 2 aliphatic heterocycles. The molecule has 2 atom stereocenters. The van der Waals surface area contributed by atoms with Gasteiger partial charge in [-0.3, -0.25) is 9.59 Å². The zero-order chi connectivity index (χ0) is 29.5. The number of hydrogen-bond donors (Lipinski definition) is 2. The van der Waals surface area contributed by atoms with Gasteiger partial charge < -0.3 is 20.3 Å². The summed E-state index contributed by atoms with van der Waals surface area (Å²) >= 11 is 0. The Labute approximate surface area is 238 Å². The summed E-state index contributed by atoms with van der Waals surface area (Å²) in [5, 5.41) is 4.94. The first kappa shape index (κ1) is 30.5. The molecule has 2 aromatic rings. The van der Waals surface area contributed by atoms with Crippen molar-refractivity contribution in [2.45, 2.75) is 48.6 Å². The van der Waals surface area contributed by atoms with Crippen LogP contribution in [0.25, 0.3) is 0 Å². The Balaban J connectivity index is 1.46. The van der Waals surface area contributed by atoms with Gasteiger partial charge in [0.05, 0.1) is 30.7 Å². The third kappa shape index (κ3) is 8.30. The molecule has 2 aliphatic rings. The van der Waals surface area contributed by atoms with Crippen LogP contribution in [0.5, 0.6) is 0 Å². The first-order chi connectivity index (χ1) is 19.5. The number of nitrogens with zero attached hydrogens (tertiary/aromatic N) is 2. The van der Waals surface area contributed by atoms with Crippen LogP contribution in [0.2, 0.25) is 0 Å². The standard InChI is InChI=1S/C28H34F2N4O6S/c29-28(30,18-21-8-3-1-4-9-21)19-24(32-27(37)33-14-16-40-17-15-33)26(36)31-23-12-7-13-34(20-25(23)35)41(38,39)22-10-5-2-6-11-22/h1-6,8-11,23-24H,7,12-20H2,(H,31,36)(H,32,37)/t23-,24-/m0/s1. The Hall–Kier alpha value is -3.42. The number of urea groups is 1. The number of hydrogen-bond acceptors (Lipinski definition) is 6. The maximum Gasteiger partial charge on any atom is 0.318 e. The molecule has 0 aliphatic carbocycles. The van der Waals surface area contributed by atoms with Crippen molar-refractivity contribution < 1.29 is 36.3 Å². The summed E-state index contributed by atoms with van der Waals surface area (Å²) in [5.74, 6) is -4.85. The Morgan fingerprint density at radius 2 is 1.63 bits per heavy atom. The fraction of sp³-hybridized carbons (Fsp3) is 0.464. The van der Waals surface area contributed by atoms with Crippen LogP contribution in [0.3, 0.4) is 0 Å². The fourth-order valence-electron chi connectivity index (χ4n) is 4.85. The second-order valence-corrected chi connectivity index (χ2v) is 12.1. The van der Waals surface area contributed by atoms with Crippen LogP contribution >= 0.6 is 0 Å². The van der Waals surface area contributed by atoms with Gasteiger partial charge >= 0.3 is 6.03 Å². The molecule has 4 rings (SSSR count). The Kier molecular flexibility index (Phi) is 10.1. The van der Waals surface area contributed by atoms with Crippen molar-refractivity contribution in [3.63, 3.8) is 0 Å². The molecule has 0 radical (unpaired) electrons. The maximum atomic E-state index is 15.2. The number of nitrogens with one attached hydrogen (secondary N) is 2. The van der Waals surface area contributed by atoms with Crippen LogP contribution in [0.4, 0.5) is 13.6 Å². The Morgan fingerprint density at radius 3 is 2.29 bits per heavy atom. The van der Waals surface area contributed by atoms with Crippen LogP contribution in [-0.2, 0) is 30.8 Å². The summed E-state index contributed by atoms with van der Waals surface area (Å²) in [6.07, 6.45) is -1.24. The van der Waals surface area contributed by atoms with Crippen LogP contribution in [-0.4, -0.2) is 92.7 Å². The number of Topliss-reactive ketones (excluding diaryl/α,β-unsaturated/α-hetero) is 1. The number of sulfonamides is 1. The van der Waals surface area contributed by atoms with E-state index in [-0.39, 0.29) is 50.6 Å². The molecule has 222 valence electrons. The third-order valence-corrected chi connectivity index (χ3v) is 8.90. The van der Waals surface area contributed by atoms with E-state index < -0.39 is 65.1 Å². The van der Waals surface area contributed by atoms with Crippen LogP contribution in [0.1, 0.15) is 24.8 Å². The molecular formula is C28H34F2N4O6S. The number of morpholine rings is 1. The van der Waals surface area contributed by atoms with Crippen molar-refractivity contribution in [1.29, 1.82) is 0 Å². The summed E-state index contributed by atoms with van der Waals surface area (Å²) in [4.78, 5) is 40.7. The van der Waals surface area contributed by atoms with Gasteiger partial charge in [0.2, 0.25) is 15.9 Å². The summed E-state index contributed by atoms with van der Waals surface area (Å²) in [7, 11) is -3.94. The monoisotopic (exact) mass is 592 g/mol. The molecule has 2 heterocycles. The summed E-state index contributed by atoms with van der Waals surface area (Å²) in [6.45, 7) is 0.639. The van der Waals surface area contributed by atoms with Gasteiger partial charge in [0.25, 0.3) is 5.92 Å². The van der Waals surface area contributed by atoms with Crippen molar-refractivity contribution >= 4 is 27.7 Å². The lowest BCUT2D eigenvalue weighted by molar-refractivity contribution is -0.130. The molecule has 13 heteroatoms. The van der Waals surface area contributed by atoms with Gasteiger partial charge in [0, 0.05) is 32.5 Å². The summed E-state index contributed by atoms with van der Waals surface area (Å²) in [6, 6.07) is 12.4. The average Bonchev–Trinajstić information content (AvgIpc) is 3.15. The zero-order valence-electron chi connectivity index (χ0n) is 22.5. The molecule has 41 heavy (non-hydrogen) atoms. The molecule has 2 N–H and O–H groups in total. The molecule has 0 saturated carbocycles. The molecule has 10 nitrogen and oxygen atoms in total. The summed E-state index contributed by atoms with van der Waals surface area (Å²) in [5.41, 5.74) is 0.370. The predicted molar refractivity (Wildman–Crippen MR) is 146 cm³/mol. The van der Waals surface area contributed by atoms with Crippen molar-refractivity contribution in [3.8, 4) is 0 Å². The highest BCUT2D eigenvalue weighted by Crippen LogP contribution is 2.26. The number of halogens is 2. The average molecular weight is 593 g/mol. The number of amides is 3. The third-order valence-electron chi connectivity index (χ3n) is 7.04. The largest absolute Gasteiger partial charge is 0.378 e. The molecule has 2 aromatic carbocycles. The van der Waals surface area contributed by atoms with E-state index in [0.717, 1.165) is 4.31 Å². The van der Waals surface area contributed by atoms with Gasteiger partial charge in [-0.1, -0.05) is 48.5 Å². The Bertz CT molecular complexity index is 1310. The van der Waals surface area contributed by atoms with E-state index in [1.807, 2.05) is 0 Å². The molecule has 3 amide bonds. The Morgan fingerprint density at radius 1 is 1.00 bits per heavy atom.